The van der Waals surface area contributed by atoms with Gasteiger partial charge in [0.15, 0.2) is 0 Å². The molecule has 0 radical (unpaired) electrons. The van der Waals surface area contributed by atoms with Crippen LogP contribution in [0.5, 0.6) is 0 Å². The molecule has 0 unspecified atom stereocenters. The van der Waals surface area contributed by atoms with Crippen molar-refractivity contribution in [3.63, 3.8) is 0 Å². The van der Waals surface area contributed by atoms with E-state index in [2.05, 4.69) is 0 Å². The van der Waals surface area contributed by atoms with E-state index in [0.717, 1.165) is 5.56 Å². The Labute approximate surface area is 98.4 Å². The molecule has 5 heteroatoms. The first-order valence-electron chi connectivity index (χ1n) is 5.48. The van der Waals surface area contributed by atoms with Crippen molar-refractivity contribution in [2.75, 3.05) is 0 Å². The molecule has 0 fully saturated rings. The van der Waals surface area contributed by atoms with Gasteiger partial charge in [-0.15, -0.1) is 0 Å². The number of benzene rings is 1. The van der Waals surface area contributed by atoms with Gasteiger partial charge >= 0.3 is 5.76 Å². The molecule has 1 N–H and O–H groups in total. The molecule has 0 saturated carbocycles. The van der Waals surface area contributed by atoms with Crippen LogP contribution in [0.25, 0.3) is 5.69 Å². The summed E-state index contributed by atoms with van der Waals surface area (Å²) in [5, 5.41) is 7.96. The Morgan fingerprint density at radius 2 is 1.94 bits per heavy atom. The van der Waals surface area contributed by atoms with Crippen LogP contribution in [0.15, 0.2) is 33.6 Å². The van der Waals surface area contributed by atoms with Gasteiger partial charge in [-0.1, -0.05) is 18.2 Å². The van der Waals surface area contributed by atoms with Crippen molar-refractivity contribution in [1.29, 1.82) is 5.41 Å². The lowest BCUT2D eigenvalue weighted by atomic mass is 10.2. The topological polar surface area (TPSA) is 63.9 Å². The monoisotopic (exact) mass is 233 g/mol. The van der Waals surface area contributed by atoms with Gasteiger partial charge in [-0.2, -0.15) is 4.74 Å². The van der Waals surface area contributed by atoms with Gasteiger partial charge in [-0.3, -0.25) is 5.41 Å². The summed E-state index contributed by atoms with van der Waals surface area (Å²) in [4.78, 5) is 11.8. The molecule has 1 heterocycles. The number of hydrogen-bond donors (Lipinski definition) is 1. The van der Waals surface area contributed by atoms with Crippen molar-refractivity contribution in [3.8, 4) is 5.69 Å². The van der Waals surface area contributed by atoms with E-state index in [1.165, 1.54) is 9.31 Å². The minimum Gasteiger partial charge on any atom is -0.318 e. The summed E-state index contributed by atoms with van der Waals surface area (Å²) < 4.78 is 7.63. The summed E-state index contributed by atoms with van der Waals surface area (Å²) in [6.07, 6.45) is 0. The fraction of sp³-hybridized carbons (Fsp3) is 0.333. The fourth-order valence-corrected chi connectivity index (χ4v) is 1.73. The standard InChI is InChI=1S/C12H15N3O2/c1-8(2)15-11(13)14(12(16)17-15)10-7-5-4-6-9(10)3/h4-8,13H,1-3H3. The Morgan fingerprint density at radius 3 is 2.47 bits per heavy atom. The first-order chi connectivity index (χ1) is 8.02. The first kappa shape index (κ1) is 11.4. The number of para-hydroxylation sites is 1. The Kier molecular flexibility index (Phi) is 2.75. The summed E-state index contributed by atoms with van der Waals surface area (Å²) >= 11 is 0. The molecule has 5 nitrogen and oxygen atoms in total. The lowest BCUT2D eigenvalue weighted by Gasteiger charge is -2.04. The van der Waals surface area contributed by atoms with Crippen LogP contribution < -0.4 is 11.4 Å². The quantitative estimate of drug-likeness (QED) is 0.856. The number of hydrogen-bond acceptors (Lipinski definition) is 3. The van der Waals surface area contributed by atoms with Crippen molar-refractivity contribution in [2.45, 2.75) is 26.8 Å². The Hall–Kier alpha value is -2.04. The molecule has 17 heavy (non-hydrogen) atoms. The maximum absolute atomic E-state index is 11.8. The highest BCUT2D eigenvalue weighted by atomic mass is 16.5. The molecular weight excluding hydrogens is 218 g/mol. The molecule has 0 saturated heterocycles. The predicted octanol–water partition coefficient (Wildman–Crippen LogP) is 1.60. The number of rotatable bonds is 2. The minimum absolute atomic E-state index is 0.0549. The molecule has 0 bridgehead atoms. The van der Waals surface area contributed by atoms with Gasteiger partial charge in [0.1, 0.15) is 0 Å². The maximum Gasteiger partial charge on any atom is 0.446 e. The van der Waals surface area contributed by atoms with Gasteiger partial charge < -0.3 is 4.52 Å². The molecule has 1 aromatic carbocycles. The zero-order valence-corrected chi connectivity index (χ0v) is 10.1. The van der Waals surface area contributed by atoms with Gasteiger partial charge in [0, 0.05) is 0 Å². The third-order valence-corrected chi connectivity index (χ3v) is 2.60. The van der Waals surface area contributed by atoms with Gasteiger partial charge in [0.2, 0.25) is 5.62 Å². The molecule has 0 amide bonds. The zero-order chi connectivity index (χ0) is 12.6. The average Bonchev–Trinajstić information content (AvgIpc) is 2.56. The molecular formula is C12H15N3O2. The van der Waals surface area contributed by atoms with E-state index in [-0.39, 0.29) is 11.7 Å². The average molecular weight is 233 g/mol. The lowest BCUT2D eigenvalue weighted by Crippen LogP contribution is -2.28. The van der Waals surface area contributed by atoms with Crippen molar-refractivity contribution in [1.82, 2.24) is 9.31 Å². The molecule has 1 aromatic heterocycles. The van der Waals surface area contributed by atoms with Crippen LogP contribution in [0.3, 0.4) is 0 Å². The number of nitrogens with one attached hydrogen (secondary N) is 1. The van der Waals surface area contributed by atoms with Crippen LogP contribution >= 0.6 is 0 Å². The van der Waals surface area contributed by atoms with Crippen LogP contribution in [-0.4, -0.2) is 9.31 Å². The third kappa shape index (κ3) is 1.84. The fourth-order valence-electron chi connectivity index (χ4n) is 1.73. The van der Waals surface area contributed by atoms with Crippen molar-refractivity contribution >= 4 is 0 Å². The van der Waals surface area contributed by atoms with E-state index in [1.54, 1.807) is 6.07 Å². The molecule has 0 aliphatic carbocycles. The smallest absolute Gasteiger partial charge is 0.318 e. The van der Waals surface area contributed by atoms with Gasteiger partial charge in [-0.25, -0.2) is 9.36 Å². The van der Waals surface area contributed by atoms with Crippen LogP contribution in [-0.2, 0) is 0 Å². The molecule has 0 aliphatic rings. The van der Waals surface area contributed by atoms with Crippen molar-refractivity contribution in [3.05, 3.63) is 46.0 Å². The third-order valence-electron chi connectivity index (χ3n) is 2.60. The van der Waals surface area contributed by atoms with Crippen molar-refractivity contribution < 1.29 is 4.52 Å². The normalized spacial score (nSPS) is 11.1. The van der Waals surface area contributed by atoms with Crippen LogP contribution in [0, 0.1) is 12.3 Å². The summed E-state index contributed by atoms with van der Waals surface area (Å²) in [7, 11) is 0. The lowest BCUT2D eigenvalue weighted by molar-refractivity contribution is 0.212. The van der Waals surface area contributed by atoms with Gasteiger partial charge in [-0.05, 0) is 32.4 Å². The summed E-state index contributed by atoms with van der Waals surface area (Å²) in [5.41, 5.74) is 1.67. The molecule has 0 atom stereocenters. The summed E-state index contributed by atoms with van der Waals surface area (Å²) in [6, 6.07) is 7.37. The van der Waals surface area contributed by atoms with Crippen LogP contribution in [0.1, 0.15) is 25.5 Å². The first-order valence-corrected chi connectivity index (χ1v) is 5.48. The largest absolute Gasteiger partial charge is 0.446 e. The second-order valence-corrected chi connectivity index (χ2v) is 4.22. The SMILES string of the molecule is Cc1ccccc1-n1c(=O)on(C(C)C)c1=N. The molecule has 0 spiro atoms. The molecule has 2 aromatic rings. The maximum atomic E-state index is 11.8. The molecule has 90 valence electrons. The Bertz CT molecular complexity index is 646. The highest BCUT2D eigenvalue weighted by Gasteiger charge is 2.13. The second-order valence-electron chi connectivity index (χ2n) is 4.22. The van der Waals surface area contributed by atoms with E-state index in [1.807, 2.05) is 39.0 Å². The van der Waals surface area contributed by atoms with Gasteiger partial charge in [0.25, 0.3) is 0 Å². The highest BCUT2D eigenvalue weighted by Crippen LogP contribution is 2.09. The van der Waals surface area contributed by atoms with E-state index in [4.69, 9.17) is 9.93 Å². The minimum atomic E-state index is -0.530. The Morgan fingerprint density at radius 1 is 1.29 bits per heavy atom. The Balaban J connectivity index is 2.74. The summed E-state index contributed by atoms with van der Waals surface area (Å²) in [5.74, 6) is -0.530. The van der Waals surface area contributed by atoms with Crippen LogP contribution in [0.2, 0.25) is 0 Å². The number of nitrogens with zero attached hydrogens (tertiary/aromatic N) is 2. The number of aryl methyl sites for hydroxylation is 1. The zero-order valence-electron chi connectivity index (χ0n) is 10.1. The van der Waals surface area contributed by atoms with Crippen molar-refractivity contribution in [2.24, 2.45) is 0 Å². The van der Waals surface area contributed by atoms with E-state index < -0.39 is 5.76 Å². The van der Waals surface area contributed by atoms with E-state index in [9.17, 15) is 4.79 Å². The highest BCUT2D eigenvalue weighted by molar-refractivity contribution is 5.39. The van der Waals surface area contributed by atoms with E-state index in [0.29, 0.717) is 5.69 Å². The summed E-state index contributed by atoms with van der Waals surface area (Å²) in [6.45, 7) is 5.63. The predicted molar refractivity (Wildman–Crippen MR) is 63.3 cm³/mol. The van der Waals surface area contributed by atoms with E-state index >= 15 is 0 Å². The van der Waals surface area contributed by atoms with Gasteiger partial charge in [0.05, 0.1) is 11.7 Å². The number of aromatic nitrogens is 2. The van der Waals surface area contributed by atoms with Crippen LogP contribution in [0.4, 0.5) is 0 Å². The molecule has 0 aliphatic heterocycles. The molecule has 2 rings (SSSR count). The second kappa shape index (κ2) is 4.08.